The lowest BCUT2D eigenvalue weighted by molar-refractivity contribution is 0.482. The van der Waals surface area contributed by atoms with Crippen LogP contribution in [0.2, 0.25) is 5.02 Å². The summed E-state index contributed by atoms with van der Waals surface area (Å²) in [6.45, 7) is 0. The maximum Gasteiger partial charge on any atom is 0.175 e. The normalized spacial score (nSPS) is 11.2. The number of hydrogen-bond acceptors (Lipinski definition) is 3. The molecule has 0 bridgehead atoms. The van der Waals surface area contributed by atoms with Gasteiger partial charge in [-0.3, -0.25) is 0 Å². The molecule has 2 aromatic rings. The maximum absolute atomic E-state index is 11.3. The van der Waals surface area contributed by atoms with Crippen molar-refractivity contribution in [1.29, 1.82) is 0 Å². The molecule has 5 heteroatoms. The zero-order valence-corrected chi connectivity index (χ0v) is 11.2. The van der Waals surface area contributed by atoms with E-state index >= 15 is 0 Å². The Balaban J connectivity index is 2.18. The molecular weight excluding hydrogens is 272 g/mol. The van der Waals surface area contributed by atoms with E-state index in [9.17, 15) is 8.42 Å². The average molecular weight is 283 g/mol. The summed E-state index contributed by atoms with van der Waals surface area (Å²) in [5.41, 5.74) is 0. The van der Waals surface area contributed by atoms with Crippen LogP contribution in [0, 0.1) is 0 Å². The molecule has 0 aliphatic heterocycles. The summed E-state index contributed by atoms with van der Waals surface area (Å²) in [5.74, 6) is 1.22. The van der Waals surface area contributed by atoms with Gasteiger partial charge < -0.3 is 4.74 Å². The topological polar surface area (TPSA) is 43.4 Å². The molecule has 0 spiro atoms. The second-order valence-corrected chi connectivity index (χ2v) is 6.25. The molecule has 0 fully saturated rings. The van der Waals surface area contributed by atoms with Crippen LogP contribution < -0.4 is 4.74 Å². The van der Waals surface area contributed by atoms with E-state index in [1.165, 1.54) is 18.4 Å². The summed E-state index contributed by atoms with van der Waals surface area (Å²) in [7, 11) is -3.17. The predicted octanol–water partition coefficient (Wildman–Crippen LogP) is 3.54. The third kappa shape index (κ3) is 3.24. The third-order valence-corrected chi connectivity index (χ3v) is 3.68. The Labute approximate surface area is 111 Å². The van der Waals surface area contributed by atoms with Gasteiger partial charge in [0.2, 0.25) is 0 Å². The molecule has 0 atom stereocenters. The van der Waals surface area contributed by atoms with Gasteiger partial charge in [-0.05, 0) is 48.5 Å². The molecule has 3 nitrogen and oxygen atoms in total. The number of rotatable bonds is 3. The summed E-state index contributed by atoms with van der Waals surface area (Å²) in [5, 5.41) is 0.634. The van der Waals surface area contributed by atoms with Crippen LogP contribution in [0.1, 0.15) is 0 Å². The number of ether oxygens (including phenoxy) is 1. The molecule has 2 aromatic carbocycles. The Hall–Kier alpha value is -1.52. The molecule has 0 unspecified atom stereocenters. The number of halogens is 1. The van der Waals surface area contributed by atoms with Gasteiger partial charge in [0, 0.05) is 11.3 Å². The highest BCUT2D eigenvalue weighted by Gasteiger charge is 2.06. The summed E-state index contributed by atoms with van der Waals surface area (Å²) in [6.07, 6.45) is 1.17. The lowest BCUT2D eigenvalue weighted by Gasteiger charge is -2.06. The van der Waals surface area contributed by atoms with Crippen LogP contribution in [0.25, 0.3) is 0 Å². The Kier molecular flexibility index (Phi) is 3.59. The molecule has 0 heterocycles. The minimum atomic E-state index is -3.17. The van der Waals surface area contributed by atoms with Gasteiger partial charge in [-0.1, -0.05) is 11.6 Å². The van der Waals surface area contributed by atoms with Crippen LogP contribution >= 0.6 is 11.6 Å². The van der Waals surface area contributed by atoms with Crippen molar-refractivity contribution in [2.45, 2.75) is 4.90 Å². The first-order valence-electron chi connectivity index (χ1n) is 5.19. The smallest absolute Gasteiger partial charge is 0.175 e. The number of sulfone groups is 1. The standard InChI is InChI=1S/C13H11ClO3S/c1-18(15,16)13-8-6-12(7-9-13)17-11-4-2-10(14)3-5-11/h2-9H,1H3. The predicted molar refractivity (Wildman–Crippen MR) is 71.1 cm³/mol. The molecule has 18 heavy (non-hydrogen) atoms. The van der Waals surface area contributed by atoms with Crippen molar-refractivity contribution < 1.29 is 13.2 Å². The van der Waals surface area contributed by atoms with E-state index in [1.807, 2.05) is 0 Å². The van der Waals surface area contributed by atoms with E-state index in [1.54, 1.807) is 36.4 Å². The van der Waals surface area contributed by atoms with Crippen LogP contribution in [0.5, 0.6) is 11.5 Å². The number of benzene rings is 2. The molecule has 0 aromatic heterocycles. The van der Waals surface area contributed by atoms with Gasteiger partial charge in [-0.2, -0.15) is 0 Å². The molecule has 0 aliphatic rings. The van der Waals surface area contributed by atoms with Gasteiger partial charge in [0.1, 0.15) is 11.5 Å². The lowest BCUT2D eigenvalue weighted by atomic mass is 10.3. The fraction of sp³-hybridized carbons (Fsp3) is 0.0769. The second kappa shape index (κ2) is 5.00. The maximum atomic E-state index is 11.3. The first-order valence-corrected chi connectivity index (χ1v) is 7.46. The highest BCUT2D eigenvalue weighted by atomic mass is 35.5. The van der Waals surface area contributed by atoms with Crippen LogP contribution in [0.15, 0.2) is 53.4 Å². The minimum Gasteiger partial charge on any atom is -0.457 e. The molecule has 94 valence electrons. The average Bonchev–Trinajstić information content (AvgIpc) is 2.32. The Morgan fingerprint density at radius 1 is 0.889 bits per heavy atom. The molecule has 2 rings (SSSR count). The van der Waals surface area contributed by atoms with E-state index in [4.69, 9.17) is 16.3 Å². The highest BCUT2D eigenvalue weighted by Crippen LogP contribution is 2.24. The second-order valence-electron chi connectivity index (χ2n) is 3.80. The molecular formula is C13H11ClO3S. The van der Waals surface area contributed by atoms with Gasteiger partial charge in [0.25, 0.3) is 0 Å². The van der Waals surface area contributed by atoms with Crippen molar-refractivity contribution in [3.8, 4) is 11.5 Å². The Bertz CT molecular complexity index is 631. The van der Waals surface area contributed by atoms with Crippen molar-refractivity contribution in [3.63, 3.8) is 0 Å². The minimum absolute atomic E-state index is 0.269. The van der Waals surface area contributed by atoms with E-state index in [0.717, 1.165) is 0 Å². The molecule has 0 saturated heterocycles. The van der Waals surface area contributed by atoms with E-state index in [-0.39, 0.29) is 4.90 Å². The first-order chi connectivity index (χ1) is 8.45. The van der Waals surface area contributed by atoms with Gasteiger partial charge in [0.15, 0.2) is 9.84 Å². The summed E-state index contributed by atoms with van der Waals surface area (Å²) in [4.78, 5) is 0.269. The number of hydrogen-bond donors (Lipinski definition) is 0. The van der Waals surface area contributed by atoms with Gasteiger partial charge >= 0.3 is 0 Å². The van der Waals surface area contributed by atoms with Crippen molar-refractivity contribution in [2.75, 3.05) is 6.26 Å². The quantitative estimate of drug-likeness (QED) is 0.865. The largest absolute Gasteiger partial charge is 0.457 e. The SMILES string of the molecule is CS(=O)(=O)c1ccc(Oc2ccc(Cl)cc2)cc1. The molecule has 0 aliphatic carbocycles. The van der Waals surface area contributed by atoms with Gasteiger partial charge in [0.05, 0.1) is 4.90 Å². The van der Waals surface area contributed by atoms with Crippen LogP contribution in [0.3, 0.4) is 0 Å². The molecule has 0 N–H and O–H groups in total. The van der Waals surface area contributed by atoms with E-state index < -0.39 is 9.84 Å². The van der Waals surface area contributed by atoms with E-state index in [2.05, 4.69) is 0 Å². The molecule has 0 saturated carbocycles. The Morgan fingerprint density at radius 2 is 1.33 bits per heavy atom. The monoisotopic (exact) mass is 282 g/mol. The fourth-order valence-corrected chi connectivity index (χ4v) is 2.15. The van der Waals surface area contributed by atoms with Gasteiger partial charge in [-0.25, -0.2) is 8.42 Å². The summed E-state index contributed by atoms with van der Waals surface area (Å²) < 4.78 is 28.1. The Morgan fingerprint density at radius 3 is 1.78 bits per heavy atom. The van der Waals surface area contributed by atoms with Gasteiger partial charge in [-0.15, -0.1) is 0 Å². The zero-order chi connectivity index (χ0) is 13.2. The summed E-state index contributed by atoms with van der Waals surface area (Å²) >= 11 is 5.76. The van der Waals surface area contributed by atoms with E-state index in [0.29, 0.717) is 16.5 Å². The molecule has 0 amide bonds. The van der Waals surface area contributed by atoms with Crippen molar-refractivity contribution >= 4 is 21.4 Å². The van der Waals surface area contributed by atoms with Crippen LogP contribution in [-0.4, -0.2) is 14.7 Å². The van der Waals surface area contributed by atoms with Crippen molar-refractivity contribution in [3.05, 3.63) is 53.6 Å². The summed E-state index contributed by atoms with van der Waals surface area (Å²) in [6, 6.07) is 13.2. The first kappa shape index (κ1) is 12.9. The molecule has 0 radical (unpaired) electrons. The fourth-order valence-electron chi connectivity index (χ4n) is 1.39. The van der Waals surface area contributed by atoms with Crippen LogP contribution in [0.4, 0.5) is 0 Å². The third-order valence-electron chi connectivity index (χ3n) is 2.30. The van der Waals surface area contributed by atoms with Crippen LogP contribution in [-0.2, 0) is 9.84 Å². The van der Waals surface area contributed by atoms with Crippen molar-refractivity contribution in [1.82, 2.24) is 0 Å². The van der Waals surface area contributed by atoms with Crippen molar-refractivity contribution in [2.24, 2.45) is 0 Å². The highest BCUT2D eigenvalue weighted by molar-refractivity contribution is 7.90. The lowest BCUT2D eigenvalue weighted by Crippen LogP contribution is -1.96. The zero-order valence-electron chi connectivity index (χ0n) is 9.63.